The van der Waals surface area contributed by atoms with Crippen LogP contribution >= 0.6 is 0 Å². The number of aromatic nitrogens is 3. The van der Waals surface area contributed by atoms with Gasteiger partial charge in [0.25, 0.3) is 12.3 Å². The van der Waals surface area contributed by atoms with Gasteiger partial charge in [0.15, 0.2) is 5.69 Å². The van der Waals surface area contributed by atoms with E-state index in [9.17, 15) is 23.1 Å². The first kappa shape index (κ1) is 17.4. The molecule has 0 aliphatic carbocycles. The van der Waals surface area contributed by atoms with Gasteiger partial charge in [-0.1, -0.05) is 5.21 Å². The summed E-state index contributed by atoms with van der Waals surface area (Å²) in [6.45, 7) is 1.74. The molecule has 1 aromatic carbocycles. The number of piperidine rings is 1. The first-order valence-electron chi connectivity index (χ1n) is 7.79. The highest BCUT2D eigenvalue weighted by Crippen LogP contribution is 2.29. The quantitative estimate of drug-likeness (QED) is 0.915. The zero-order chi connectivity index (χ0) is 18.2. The van der Waals surface area contributed by atoms with Crippen molar-refractivity contribution < 1.29 is 23.1 Å². The molecule has 9 heteroatoms. The number of rotatable bonds is 3. The number of halogens is 3. The Morgan fingerprint density at radius 2 is 2.00 bits per heavy atom. The lowest BCUT2D eigenvalue weighted by Crippen LogP contribution is -2.50. The standard InChI is InChI=1S/C16H17F3N4O2/c1-10-8-11(17)2-3-13(10)23-9-12(20-21-23)14(24)22-6-4-16(25,5-7-22)15(18)19/h2-3,8-9,15,25H,4-7H2,1H3. The van der Waals surface area contributed by atoms with Crippen LogP contribution in [0.1, 0.15) is 28.9 Å². The maximum Gasteiger partial charge on any atom is 0.276 e. The monoisotopic (exact) mass is 354 g/mol. The van der Waals surface area contributed by atoms with Crippen molar-refractivity contribution in [3.05, 3.63) is 41.5 Å². The Morgan fingerprint density at radius 1 is 1.32 bits per heavy atom. The average Bonchev–Trinajstić information content (AvgIpc) is 3.04. The molecule has 134 valence electrons. The Balaban J connectivity index is 1.73. The van der Waals surface area contributed by atoms with Crippen LogP contribution in [0.5, 0.6) is 0 Å². The summed E-state index contributed by atoms with van der Waals surface area (Å²) in [4.78, 5) is 13.8. The molecule has 0 unspecified atom stereocenters. The summed E-state index contributed by atoms with van der Waals surface area (Å²) in [6.07, 6.45) is -1.81. The number of aliphatic hydroxyl groups is 1. The Morgan fingerprint density at radius 3 is 2.60 bits per heavy atom. The van der Waals surface area contributed by atoms with E-state index in [0.717, 1.165) is 0 Å². The molecule has 0 bridgehead atoms. The zero-order valence-corrected chi connectivity index (χ0v) is 13.5. The highest BCUT2D eigenvalue weighted by atomic mass is 19.3. The molecule has 0 atom stereocenters. The molecule has 6 nitrogen and oxygen atoms in total. The lowest BCUT2D eigenvalue weighted by molar-refractivity contribution is -0.122. The van der Waals surface area contributed by atoms with Crippen LogP contribution in [0.2, 0.25) is 0 Å². The number of amides is 1. The number of carbonyl (C=O) groups excluding carboxylic acids is 1. The van der Waals surface area contributed by atoms with Gasteiger partial charge in [-0.05, 0) is 43.5 Å². The molecule has 1 amide bonds. The van der Waals surface area contributed by atoms with Crippen LogP contribution in [0.4, 0.5) is 13.2 Å². The number of benzene rings is 1. The topological polar surface area (TPSA) is 71.2 Å². The van der Waals surface area contributed by atoms with Crippen molar-refractivity contribution in [2.75, 3.05) is 13.1 Å². The molecule has 1 N–H and O–H groups in total. The summed E-state index contributed by atoms with van der Waals surface area (Å²) < 4.78 is 40.2. The second-order valence-electron chi connectivity index (χ2n) is 6.18. The van der Waals surface area contributed by atoms with Crippen molar-refractivity contribution in [1.82, 2.24) is 19.9 Å². The Kier molecular flexibility index (Phi) is 4.51. The molecule has 0 radical (unpaired) electrons. The number of aryl methyl sites for hydroxylation is 1. The van der Waals surface area contributed by atoms with E-state index >= 15 is 0 Å². The first-order chi connectivity index (χ1) is 11.8. The smallest absolute Gasteiger partial charge is 0.276 e. The summed E-state index contributed by atoms with van der Waals surface area (Å²) in [6, 6.07) is 4.15. The van der Waals surface area contributed by atoms with Gasteiger partial charge in [-0.3, -0.25) is 4.79 Å². The van der Waals surface area contributed by atoms with Gasteiger partial charge in [-0.25, -0.2) is 17.9 Å². The molecule has 2 heterocycles. The SMILES string of the molecule is Cc1cc(F)ccc1-n1cc(C(=O)N2CCC(O)(C(F)F)CC2)nn1. The number of hydrogen-bond donors (Lipinski definition) is 1. The summed E-state index contributed by atoms with van der Waals surface area (Å²) >= 11 is 0. The van der Waals surface area contributed by atoms with E-state index in [1.807, 2.05) is 0 Å². The average molecular weight is 354 g/mol. The third kappa shape index (κ3) is 3.37. The zero-order valence-electron chi connectivity index (χ0n) is 13.5. The van der Waals surface area contributed by atoms with Gasteiger partial charge in [0.1, 0.15) is 11.4 Å². The fraction of sp³-hybridized carbons (Fsp3) is 0.438. The first-order valence-corrected chi connectivity index (χ1v) is 7.79. The van der Waals surface area contributed by atoms with E-state index in [0.29, 0.717) is 11.3 Å². The molecule has 1 aromatic heterocycles. The van der Waals surface area contributed by atoms with Crippen molar-refractivity contribution in [2.45, 2.75) is 31.8 Å². The Bertz CT molecular complexity index is 785. The maximum absolute atomic E-state index is 13.2. The Labute approximate surface area is 141 Å². The second-order valence-corrected chi connectivity index (χ2v) is 6.18. The molecular weight excluding hydrogens is 337 g/mol. The van der Waals surface area contributed by atoms with Crippen molar-refractivity contribution in [3.63, 3.8) is 0 Å². The van der Waals surface area contributed by atoms with Gasteiger partial charge in [-0.2, -0.15) is 0 Å². The van der Waals surface area contributed by atoms with Gasteiger partial charge in [0, 0.05) is 13.1 Å². The molecule has 1 aliphatic rings. The fourth-order valence-corrected chi connectivity index (χ4v) is 2.83. The van der Waals surface area contributed by atoms with Crippen LogP contribution in [0, 0.1) is 12.7 Å². The fourth-order valence-electron chi connectivity index (χ4n) is 2.83. The van der Waals surface area contributed by atoms with E-state index in [4.69, 9.17) is 0 Å². The Hall–Kier alpha value is -2.42. The molecular formula is C16H17F3N4O2. The van der Waals surface area contributed by atoms with Crippen molar-refractivity contribution in [1.29, 1.82) is 0 Å². The van der Waals surface area contributed by atoms with Crippen LogP contribution < -0.4 is 0 Å². The van der Waals surface area contributed by atoms with Crippen LogP contribution in [0.15, 0.2) is 24.4 Å². The molecule has 1 fully saturated rings. The minimum Gasteiger partial charge on any atom is -0.384 e. The summed E-state index contributed by atoms with van der Waals surface area (Å²) in [7, 11) is 0. The minimum absolute atomic E-state index is 0.0160. The van der Waals surface area contributed by atoms with Crippen molar-refractivity contribution >= 4 is 5.91 Å². The van der Waals surface area contributed by atoms with Gasteiger partial charge >= 0.3 is 0 Å². The summed E-state index contributed by atoms with van der Waals surface area (Å²) in [5.74, 6) is -0.820. The number of hydrogen-bond acceptors (Lipinski definition) is 4. The van der Waals surface area contributed by atoms with Crippen LogP contribution in [0.3, 0.4) is 0 Å². The van der Waals surface area contributed by atoms with Crippen LogP contribution in [-0.2, 0) is 0 Å². The van der Waals surface area contributed by atoms with Crippen molar-refractivity contribution in [3.8, 4) is 5.69 Å². The maximum atomic E-state index is 13.2. The van der Waals surface area contributed by atoms with Gasteiger partial charge in [-0.15, -0.1) is 5.10 Å². The van der Waals surface area contributed by atoms with Crippen LogP contribution in [-0.4, -0.2) is 56.0 Å². The molecule has 25 heavy (non-hydrogen) atoms. The number of nitrogens with zero attached hydrogens (tertiary/aromatic N) is 4. The summed E-state index contributed by atoms with van der Waals surface area (Å²) in [5.41, 5.74) is -0.770. The van der Waals surface area contributed by atoms with Crippen LogP contribution in [0.25, 0.3) is 5.69 Å². The molecule has 3 rings (SSSR count). The molecule has 0 saturated carbocycles. The van der Waals surface area contributed by atoms with E-state index in [2.05, 4.69) is 10.3 Å². The lowest BCUT2D eigenvalue weighted by atomic mass is 9.92. The molecule has 1 aliphatic heterocycles. The van der Waals surface area contributed by atoms with Crippen molar-refractivity contribution in [2.24, 2.45) is 0 Å². The number of alkyl halides is 2. The highest BCUT2D eigenvalue weighted by Gasteiger charge is 2.42. The van der Waals surface area contributed by atoms with E-state index in [1.54, 1.807) is 6.92 Å². The third-order valence-electron chi connectivity index (χ3n) is 4.44. The largest absolute Gasteiger partial charge is 0.384 e. The minimum atomic E-state index is -2.84. The third-order valence-corrected chi connectivity index (χ3v) is 4.44. The van der Waals surface area contributed by atoms with E-state index in [1.165, 1.54) is 34.0 Å². The molecule has 1 saturated heterocycles. The van der Waals surface area contributed by atoms with E-state index < -0.39 is 17.9 Å². The number of likely N-dealkylation sites (tertiary alicyclic amines) is 1. The predicted octanol–water partition coefficient (Wildman–Crippen LogP) is 1.95. The van der Waals surface area contributed by atoms with Gasteiger partial charge in [0.05, 0.1) is 11.9 Å². The lowest BCUT2D eigenvalue weighted by Gasteiger charge is -2.37. The predicted molar refractivity (Wildman–Crippen MR) is 82.1 cm³/mol. The second kappa shape index (κ2) is 6.47. The highest BCUT2D eigenvalue weighted by molar-refractivity contribution is 5.92. The molecule has 2 aromatic rings. The van der Waals surface area contributed by atoms with E-state index in [-0.39, 0.29) is 37.4 Å². The van der Waals surface area contributed by atoms with Gasteiger partial charge < -0.3 is 10.0 Å². The number of carbonyl (C=O) groups is 1. The summed E-state index contributed by atoms with van der Waals surface area (Å²) in [5, 5.41) is 17.5. The normalized spacial score (nSPS) is 17.1. The molecule has 0 spiro atoms. The van der Waals surface area contributed by atoms with Gasteiger partial charge in [0.2, 0.25) is 0 Å².